The summed E-state index contributed by atoms with van der Waals surface area (Å²) in [6.45, 7) is 3.82. The zero-order valence-electron chi connectivity index (χ0n) is 17.9. The van der Waals surface area contributed by atoms with Crippen LogP contribution < -0.4 is 0 Å². The highest BCUT2D eigenvalue weighted by molar-refractivity contribution is 5.75. The molecule has 0 radical (unpaired) electrons. The summed E-state index contributed by atoms with van der Waals surface area (Å²) in [7, 11) is 3.60. The van der Waals surface area contributed by atoms with E-state index in [1.807, 2.05) is 26.0 Å². The number of aliphatic hydroxyl groups is 2. The Balaban J connectivity index is 1.82. The zero-order valence-corrected chi connectivity index (χ0v) is 17.9. The predicted octanol–water partition coefficient (Wildman–Crippen LogP) is 3.54. The van der Waals surface area contributed by atoms with Gasteiger partial charge in [-0.15, -0.1) is 11.8 Å². The molecule has 156 valence electrons. The van der Waals surface area contributed by atoms with E-state index in [0.717, 1.165) is 32.1 Å². The molecule has 28 heavy (non-hydrogen) atoms. The van der Waals surface area contributed by atoms with Crippen LogP contribution in [0.2, 0.25) is 0 Å². The molecule has 0 unspecified atom stereocenters. The molecule has 2 rings (SSSR count). The highest BCUT2D eigenvalue weighted by Crippen LogP contribution is 2.48. The maximum absolute atomic E-state index is 11.7. The number of amides is 1. The minimum absolute atomic E-state index is 0.0974. The van der Waals surface area contributed by atoms with Gasteiger partial charge in [-0.05, 0) is 56.8 Å². The molecule has 4 nitrogen and oxygen atoms in total. The van der Waals surface area contributed by atoms with E-state index in [4.69, 9.17) is 0 Å². The van der Waals surface area contributed by atoms with Crippen LogP contribution in [0, 0.1) is 35.5 Å². The second-order valence-corrected chi connectivity index (χ2v) is 8.72. The minimum Gasteiger partial charge on any atom is -0.392 e. The molecule has 0 aromatic rings. The number of unbranched alkanes of at least 4 members (excludes halogenated alkanes) is 1. The van der Waals surface area contributed by atoms with Crippen LogP contribution in [0.15, 0.2) is 23.8 Å². The number of nitrogens with zero attached hydrogens (tertiary/aromatic N) is 1. The first-order valence-corrected chi connectivity index (χ1v) is 10.7. The Morgan fingerprint density at radius 2 is 2.14 bits per heavy atom. The van der Waals surface area contributed by atoms with E-state index < -0.39 is 6.10 Å². The molecule has 2 aliphatic rings. The molecule has 2 N–H and O–H groups in total. The summed E-state index contributed by atoms with van der Waals surface area (Å²) in [5, 5.41) is 20.8. The first-order valence-electron chi connectivity index (χ1n) is 10.7. The Hall–Kier alpha value is -1.57. The fourth-order valence-electron chi connectivity index (χ4n) is 4.46. The third kappa shape index (κ3) is 6.22. The monoisotopic (exact) mass is 387 g/mol. The van der Waals surface area contributed by atoms with Gasteiger partial charge >= 0.3 is 0 Å². The van der Waals surface area contributed by atoms with Gasteiger partial charge in [-0.25, -0.2) is 0 Å². The topological polar surface area (TPSA) is 60.8 Å². The number of carbonyl (C=O) groups excluding carboxylic acids is 1. The molecular weight excluding hydrogens is 350 g/mol. The summed E-state index contributed by atoms with van der Waals surface area (Å²) in [5.74, 6) is 7.20. The van der Waals surface area contributed by atoms with E-state index in [-0.39, 0.29) is 23.8 Å². The smallest absolute Gasteiger partial charge is 0.222 e. The van der Waals surface area contributed by atoms with E-state index in [2.05, 4.69) is 17.9 Å². The summed E-state index contributed by atoms with van der Waals surface area (Å²) in [4.78, 5) is 13.3. The minimum atomic E-state index is -0.518. The first-order chi connectivity index (χ1) is 13.3. The van der Waals surface area contributed by atoms with Gasteiger partial charge in [0.2, 0.25) is 5.91 Å². The SMILES string of the molecule is CC#CC[C@@H](C)[C@H](O)C=C[C@@H]1[C@H]2CC(CCCCC(=O)N(C)C)=C[C@H]2C[C@H]1O. The maximum atomic E-state index is 11.7. The standard InChI is InChI=1S/C24H37NO3/c1-5-6-9-17(2)22(26)13-12-20-21-15-18(14-19(21)16-23(20)27)10-7-8-11-24(28)25(3)4/h12-14,17,19-23,26-27H,7-11,15-16H2,1-4H3/t17-,19+,20-,21+,22-,23-/m1/s1. The van der Waals surface area contributed by atoms with Gasteiger partial charge in [-0.1, -0.05) is 30.7 Å². The fourth-order valence-corrected chi connectivity index (χ4v) is 4.46. The van der Waals surface area contributed by atoms with Crippen molar-refractivity contribution in [2.24, 2.45) is 23.7 Å². The lowest BCUT2D eigenvalue weighted by Crippen LogP contribution is -2.21. The van der Waals surface area contributed by atoms with Crippen molar-refractivity contribution >= 4 is 5.91 Å². The van der Waals surface area contributed by atoms with Crippen molar-refractivity contribution in [3.05, 3.63) is 23.8 Å². The Labute approximate surface area is 170 Å². The van der Waals surface area contributed by atoms with Gasteiger partial charge in [0, 0.05) is 32.9 Å². The molecule has 6 atom stereocenters. The van der Waals surface area contributed by atoms with E-state index in [1.165, 1.54) is 5.57 Å². The molecule has 0 saturated heterocycles. The lowest BCUT2D eigenvalue weighted by Gasteiger charge is -2.20. The number of allylic oxidation sites excluding steroid dienone is 2. The second kappa shape index (κ2) is 10.8. The Bertz CT molecular complexity index is 640. The van der Waals surface area contributed by atoms with Crippen LogP contribution in [-0.2, 0) is 4.79 Å². The van der Waals surface area contributed by atoms with Gasteiger partial charge < -0.3 is 15.1 Å². The van der Waals surface area contributed by atoms with E-state index in [9.17, 15) is 15.0 Å². The summed E-state index contributed by atoms with van der Waals surface area (Å²) in [5.41, 5.74) is 1.48. The molecule has 0 aromatic carbocycles. The average molecular weight is 388 g/mol. The van der Waals surface area contributed by atoms with Gasteiger partial charge in [0.25, 0.3) is 0 Å². The number of hydrogen-bond donors (Lipinski definition) is 2. The van der Waals surface area contributed by atoms with Gasteiger partial charge in [-0.2, -0.15) is 0 Å². The highest BCUT2D eigenvalue weighted by atomic mass is 16.3. The van der Waals surface area contributed by atoms with Crippen molar-refractivity contribution in [2.45, 2.75) is 71.0 Å². The molecule has 1 fully saturated rings. The van der Waals surface area contributed by atoms with Crippen molar-refractivity contribution < 1.29 is 15.0 Å². The number of fused-ring (bicyclic) bond motifs is 1. The molecule has 2 aliphatic carbocycles. The molecule has 0 aliphatic heterocycles. The van der Waals surface area contributed by atoms with E-state index in [0.29, 0.717) is 24.7 Å². The third-order valence-corrected chi connectivity index (χ3v) is 6.30. The van der Waals surface area contributed by atoms with Crippen molar-refractivity contribution in [1.29, 1.82) is 0 Å². The summed E-state index contributed by atoms with van der Waals surface area (Å²) in [6, 6.07) is 0. The highest BCUT2D eigenvalue weighted by Gasteiger charge is 2.43. The van der Waals surface area contributed by atoms with Crippen LogP contribution in [0.5, 0.6) is 0 Å². The lowest BCUT2D eigenvalue weighted by molar-refractivity contribution is -0.128. The van der Waals surface area contributed by atoms with Crippen molar-refractivity contribution in [2.75, 3.05) is 14.1 Å². The molecular formula is C24H37NO3. The van der Waals surface area contributed by atoms with Crippen LogP contribution in [0.1, 0.15) is 58.8 Å². The first kappa shape index (κ1) is 22.7. The van der Waals surface area contributed by atoms with Crippen molar-refractivity contribution in [3.63, 3.8) is 0 Å². The molecule has 0 spiro atoms. The number of rotatable bonds is 9. The predicted molar refractivity (Wildman–Crippen MR) is 113 cm³/mol. The second-order valence-electron chi connectivity index (χ2n) is 8.72. The van der Waals surface area contributed by atoms with Gasteiger partial charge in [0.15, 0.2) is 0 Å². The molecule has 0 bridgehead atoms. The number of aliphatic hydroxyl groups excluding tert-OH is 2. The quantitative estimate of drug-likeness (QED) is 0.361. The van der Waals surface area contributed by atoms with Gasteiger partial charge in [0.1, 0.15) is 0 Å². The molecule has 4 heteroatoms. The van der Waals surface area contributed by atoms with Crippen LogP contribution >= 0.6 is 0 Å². The number of carbonyl (C=O) groups is 1. The molecule has 1 saturated carbocycles. The fraction of sp³-hybridized carbons (Fsp3) is 0.708. The van der Waals surface area contributed by atoms with E-state index >= 15 is 0 Å². The number of hydrogen-bond acceptors (Lipinski definition) is 3. The summed E-state index contributed by atoms with van der Waals surface area (Å²) >= 11 is 0. The van der Waals surface area contributed by atoms with Crippen molar-refractivity contribution in [3.8, 4) is 11.8 Å². The lowest BCUT2D eigenvalue weighted by atomic mass is 9.88. The Kier molecular flexibility index (Phi) is 8.79. The van der Waals surface area contributed by atoms with Crippen LogP contribution in [0.4, 0.5) is 0 Å². The van der Waals surface area contributed by atoms with Crippen LogP contribution in [0.25, 0.3) is 0 Å². The Morgan fingerprint density at radius 3 is 2.82 bits per heavy atom. The summed E-state index contributed by atoms with van der Waals surface area (Å²) < 4.78 is 0. The van der Waals surface area contributed by atoms with E-state index in [1.54, 1.807) is 19.0 Å². The maximum Gasteiger partial charge on any atom is 0.222 e. The Morgan fingerprint density at radius 1 is 1.39 bits per heavy atom. The normalized spacial score (nSPS) is 28.4. The van der Waals surface area contributed by atoms with Crippen LogP contribution in [0.3, 0.4) is 0 Å². The molecule has 0 aromatic heterocycles. The largest absolute Gasteiger partial charge is 0.392 e. The zero-order chi connectivity index (χ0) is 20.7. The van der Waals surface area contributed by atoms with Crippen molar-refractivity contribution in [1.82, 2.24) is 4.90 Å². The third-order valence-electron chi connectivity index (χ3n) is 6.30. The molecule has 1 amide bonds. The average Bonchev–Trinajstić information content (AvgIpc) is 3.17. The van der Waals surface area contributed by atoms with Gasteiger partial charge in [-0.3, -0.25) is 4.79 Å². The van der Waals surface area contributed by atoms with Crippen LogP contribution in [-0.4, -0.2) is 47.3 Å². The molecule has 0 heterocycles. The van der Waals surface area contributed by atoms with Gasteiger partial charge in [0.05, 0.1) is 12.2 Å². The summed E-state index contributed by atoms with van der Waals surface area (Å²) in [6.07, 6.45) is 11.6.